The Morgan fingerprint density at radius 2 is 1.97 bits per heavy atom. The molecule has 1 aromatic carbocycles. The third-order valence-corrected chi connectivity index (χ3v) is 6.55. The molecule has 0 bridgehead atoms. The Hall–Kier alpha value is -2.32. The highest BCUT2D eigenvalue weighted by Gasteiger charge is 2.32. The van der Waals surface area contributed by atoms with Crippen LogP contribution in [0.1, 0.15) is 42.9 Å². The number of hydrogen-bond donors (Lipinski definition) is 1. The summed E-state index contributed by atoms with van der Waals surface area (Å²) in [4.78, 5) is 5.15. The van der Waals surface area contributed by atoms with Crippen molar-refractivity contribution in [2.75, 3.05) is 31.1 Å². The summed E-state index contributed by atoms with van der Waals surface area (Å²) < 4.78 is 15.2. The summed E-state index contributed by atoms with van der Waals surface area (Å²) in [6, 6.07) is 11.3. The van der Waals surface area contributed by atoms with Crippen LogP contribution in [0.15, 0.2) is 41.8 Å². The molecular weight excluding hydrogens is 387 g/mol. The molecule has 6 nitrogen and oxygen atoms in total. The highest BCUT2D eigenvalue weighted by Crippen LogP contribution is 2.19. The van der Waals surface area contributed by atoms with Gasteiger partial charge in [0.1, 0.15) is 11.9 Å². The fourth-order valence-electron chi connectivity index (χ4n) is 4.10. The molecule has 1 aliphatic rings. The summed E-state index contributed by atoms with van der Waals surface area (Å²) in [5.41, 5.74) is 1.10. The van der Waals surface area contributed by atoms with E-state index >= 15 is 0 Å². The molecule has 1 saturated heterocycles. The zero-order valence-corrected chi connectivity index (χ0v) is 17.6. The highest BCUT2D eigenvalue weighted by atomic mass is 32.1. The molecule has 8 heteroatoms. The summed E-state index contributed by atoms with van der Waals surface area (Å²) in [5.74, 6) is 0.812. The number of halogens is 1. The van der Waals surface area contributed by atoms with Crippen LogP contribution >= 0.6 is 11.3 Å². The summed E-state index contributed by atoms with van der Waals surface area (Å²) in [6.07, 6.45) is 3.42. The number of quaternary nitrogens is 1. The van der Waals surface area contributed by atoms with Gasteiger partial charge in [-0.2, -0.15) is 0 Å². The minimum atomic E-state index is -0.185. The molecule has 1 N–H and O–H groups in total. The summed E-state index contributed by atoms with van der Waals surface area (Å²) >= 11 is 1.74. The standard InChI is InChI=1S/C21H27FN6S/c1-2-3-6-20(21-23-24-25-28(21)16-19-5-4-15-29-19)27-13-11-26(12-14-27)18-9-7-17(22)8-10-18/h4-5,7-10,15,20H,2-3,6,11-14,16H2,1H3/p+1/t20-/m0/s1. The minimum Gasteiger partial charge on any atom is -0.360 e. The number of rotatable bonds is 8. The molecule has 4 rings (SSSR count). The first-order valence-electron chi connectivity index (χ1n) is 10.4. The van der Waals surface area contributed by atoms with E-state index in [2.05, 4.69) is 44.9 Å². The van der Waals surface area contributed by atoms with Crippen molar-refractivity contribution in [3.63, 3.8) is 0 Å². The second kappa shape index (κ2) is 9.45. The van der Waals surface area contributed by atoms with Gasteiger partial charge in [0.2, 0.25) is 5.82 Å². The number of anilines is 1. The Labute approximate surface area is 174 Å². The molecule has 0 aliphatic carbocycles. The molecule has 0 radical (unpaired) electrons. The largest absolute Gasteiger partial charge is 0.360 e. The van der Waals surface area contributed by atoms with E-state index in [1.54, 1.807) is 16.2 Å². The van der Waals surface area contributed by atoms with Gasteiger partial charge in [-0.15, -0.1) is 16.4 Å². The van der Waals surface area contributed by atoms with Gasteiger partial charge in [-0.3, -0.25) is 0 Å². The van der Waals surface area contributed by atoms with Gasteiger partial charge >= 0.3 is 0 Å². The number of benzene rings is 1. The first kappa shape index (κ1) is 20.0. The van der Waals surface area contributed by atoms with Crippen molar-refractivity contribution in [3.05, 3.63) is 58.3 Å². The number of tetrazole rings is 1. The molecule has 29 heavy (non-hydrogen) atoms. The van der Waals surface area contributed by atoms with E-state index in [1.807, 2.05) is 16.8 Å². The van der Waals surface area contributed by atoms with Gasteiger partial charge in [0.15, 0.2) is 0 Å². The van der Waals surface area contributed by atoms with E-state index in [1.165, 1.54) is 23.4 Å². The molecule has 2 aromatic heterocycles. The van der Waals surface area contributed by atoms with Crippen molar-refractivity contribution < 1.29 is 9.29 Å². The Morgan fingerprint density at radius 1 is 1.17 bits per heavy atom. The average molecular weight is 416 g/mol. The van der Waals surface area contributed by atoms with E-state index < -0.39 is 0 Å². The van der Waals surface area contributed by atoms with Gasteiger partial charge in [0.05, 0.1) is 32.7 Å². The fourth-order valence-corrected chi connectivity index (χ4v) is 4.79. The first-order chi connectivity index (χ1) is 14.2. The van der Waals surface area contributed by atoms with Crippen molar-refractivity contribution in [3.8, 4) is 0 Å². The molecule has 0 amide bonds. The van der Waals surface area contributed by atoms with Crippen molar-refractivity contribution in [1.82, 2.24) is 20.2 Å². The van der Waals surface area contributed by atoms with Crippen molar-refractivity contribution in [2.45, 2.75) is 38.8 Å². The van der Waals surface area contributed by atoms with Crippen LogP contribution in [0.5, 0.6) is 0 Å². The zero-order chi connectivity index (χ0) is 20.1. The number of piperazine rings is 1. The Balaban J connectivity index is 1.47. The van der Waals surface area contributed by atoms with Gasteiger partial charge in [0.25, 0.3) is 0 Å². The molecule has 3 heterocycles. The molecule has 1 fully saturated rings. The lowest BCUT2D eigenvalue weighted by atomic mass is 10.1. The third-order valence-electron chi connectivity index (χ3n) is 5.69. The quantitative estimate of drug-likeness (QED) is 0.614. The maximum atomic E-state index is 13.2. The highest BCUT2D eigenvalue weighted by molar-refractivity contribution is 7.09. The summed E-state index contributed by atoms with van der Waals surface area (Å²) in [7, 11) is 0. The summed E-state index contributed by atoms with van der Waals surface area (Å²) in [6.45, 7) is 6.92. The molecule has 0 spiro atoms. The van der Waals surface area contributed by atoms with Crippen molar-refractivity contribution >= 4 is 17.0 Å². The molecule has 0 saturated carbocycles. The van der Waals surface area contributed by atoms with E-state index in [0.717, 1.165) is 57.1 Å². The summed E-state index contributed by atoms with van der Waals surface area (Å²) in [5, 5.41) is 14.8. The van der Waals surface area contributed by atoms with Crippen LogP contribution in [-0.4, -0.2) is 46.4 Å². The van der Waals surface area contributed by atoms with Crippen LogP contribution in [0.25, 0.3) is 0 Å². The van der Waals surface area contributed by atoms with Gasteiger partial charge in [0, 0.05) is 17.0 Å². The van der Waals surface area contributed by atoms with E-state index in [-0.39, 0.29) is 5.82 Å². The number of hydrogen-bond acceptors (Lipinski definition) is 5. The maximum Gasteiger partial charge on any atom is 0.209 e. The van der Waals surface area contributed by atoms with Crippen molar-refractivity contribution in [1.29, 1.82) is 0 Å². The topological polar surface area (TPSA) is 51.3 Å². The van der Waals surface area contributed by atoms with Crippen LogP contribution in [0.3, 0.4) is 0 Å². The third kappa shape index (κ3) is 4.82. The van der Waals surface area contributed by atoms with E-state index in [0.29, 0.717) is 6.04 Å². The lowest BCUT2D eigenvalue weighted by Crippen LogP contribution is -3.15. The Morgan fingerprint density at radius 3 is 2.66 bits per heavy atom. The zero-order valence-electron chi connectivity index (χ0n) is 16.8. The van der Waals surface area contributed by atoms with E-state index in [9.17, 15) is 4.39 Å². The normalized spacial score (nSPS) is 16.3. The second-order valence-electron chi connectivity index (χ2n) is 7.59. The number of nitrogens with one attached hydrogen (secondary N) is 1. The smallest absolute Gasteiger partial charge is 0.209 e. The predicted molar refractivity (Wildman–Crippen MR) is 113 cm³/mol. The average Bonchev–Trinajstić information content (AvgIpc) is 3.42. The maximum absolute atomic E-state index is 13.2. The van der Waals surface area contributed by atoms with Crippen LogP contribution in [0.2, 0.25) is 0 Å². The van der Waals surface area contributed by atoms with Crippen LogP contribution in [0.4, 0.5) is 10.1 Å². The molecule has 1 aliphatic heterocycles. The molecular formula is C21H28FN6S+. The number of aromatic nitrogens is 4. The minimum absolute atomic E-state index is 0.185. The van der Waals surface area contributed by atoms with Gasteiger partial charge in [-0.1, -0.05) is 19.4 Å². The molecule has 154 valence electrons. The number of nitrogens with zero attached hydrogens (tertiary/aromatic N) is 5. The van der Waals surface area contributed by atoms with Crippen molar-refractivity contribution in [2.24, 2.45) is 0 Å². The first-order valence-corrected chi connectivity index (χ1v) is 11.3. The molecule has 3 aromatic rings. The Kier molecular flexibility index (Phi) is 6.51. The second-order valence-corrected chi connectivity index (χ2v) is 8.62. The van der Waals surface area contributed by atoms with E-state index in [4.69, 9.17) is 0 Å². The van der Waals surface area contributed by atoms with Crippen LogP contribution in [0, 0.1) is 5.82 Å². The van der Waals surface area contributed by atoms with Gasteiger partial charge < -0.3 is 9.80 Å². The fraction of sp³-hybridized carbons (Fsp3) is 0.476. The van der Waals surface area contributed by atoms with Gasteiger partial charge in [-0.25, -0.2) is 9.07 Å². The molecule has 0 unspecified atom stereocenters. The van der Waals surface area contributed by atoms with Crippen LogP contribution < -0.4 is 9.80 Å². The predicted octanol–water partition coefficient (Wildman–Crippen LogP) is 2.56. The van der Waals surface area contributed by atoms with Crippen LogP contribution in [-0.2, 0) is 6.54 Å². The number of unbranched alkanes of at least 4 members (excludes halogenated alkanes) is 1. The monoisotopic (exact) mass is 415 g/mol. The van der Waals surface area contributed by atoms with Gasteiger partial charge in [-0.05, 0) is 52.6 Å². The number of thiophene rings is 1. The lowest BCUT2D eigenvalue weighted by Gasteiger charge is -2.37. The Bertz CT molecular complexity index is 871. The SMILES string of the molecule is CCCC[C@@H](c1nnnn1Cc1cccs1)[NH+]1CCN(c2ccc(F)cc2)CC1. The lowest BCUT2D eigenvalue weighted by molar-refractivity contribution is -0.933. The molecule has 1 atom stereocenters.